The molecule has 19 heavy (non-hydrogen) atoms. The largest absolute Gasteiger partial charge is 0.480 e. The van der Waals surface area contributed by atoms with Crippen molar-refractivity contribution in [3.63, 3.8) is 0 Å². The van der Waals surface area contributed by atoms with Crippen molar-refractivity contribution in [1.82, 2.24) is 4.31 Å². The number of hydrogen-bond acceptors (Lipinski definition) is 3. The second-order valence-electron chi connectivity index (χ2n) is 4.16. The van der Waals surface area contributed by atoms with E-state index in [2.05, 4.69) is 22.6 Å². The number of carbonyl (C=O) groups is 1. The lowest BCUT2D eigenvalue weighted by molar-refractivity contribution is -0.137. The molecule has 0 spiro atoms. The van der Waals surface area contributed by atoms with Crippen LogP contribution in [0.25, 0.3) is 0 Å². The van der Waals surface area contributed by atoms with Gasteiger partial charge in [-0.15, -0.1) is 0 Å². The SMILES string of the molecule is CCC(C)N(CC(=O)O)S(=O)(=O)c1ccc(I)cc1. The van der Waals surface area contributed by atoms with Crippen LogP contribution >= 0.6 is 22.6 Å². The smallest absolute Gasteiger partial charge is 0.318 e. The number of hydrogen-bond donors (Lipinski definition) is 1. The lowest BCUT2D eigenvalue weighted by Gasteiger charge is -2.26. The summed E-state index contributed by atoms with van der Waals surface area (Å²) >= 11 is 2.08. The number of carboxylic acids is 1. The summed E-state index contributed by atoms with van der Waals surface area (Å²) in [5.41, 5.74) is 0. The third kappa shape index (κ3) is 4.15. The lowest BCUT2D eigenvalue weighted by atomic mass is 10.2. The van der Waals surface area contributed by atoms with Crippen LogP contribution in [0.5, 0.6) is 0 Å². The van der Waals surface area contributed by atoms with Gasteiger partial charge in [0.05, 0.1) is 4.90 Å². The zero-order chi connectivity index (χ0) is 14.6. The number of aliphatic carboxylic acids is 1. The lowest BCUT2D eigenvalue weighted by Crippen LogP contribution is -2.41. The molecule has 1 N–H and O–H groups in total. The minimum absolute atomic E-state index is 0.120. The van der Waals surface area contributed by atoms with Gasteiger partial charge in [0.25, 0.3) is 0 Å². The number of benzene rings is 1. The Morgan fingerprint density at radius 2 is 1.89 bits per heavy atom. The average Bonchev–Trinajstić information content (AvgIpc) is 2.35. The summed E-state index contributed by atoms with van der Waals surface area (Å²) in [5.74, 6) is -1.16. The van der Waals surface area contributed by atoms with Crippen molar-refractivity contribution in [2.45, 2.75) is 31.2 Å². The molecule has 1 rings (SSSR count). The van der Waals surface area contributed by atoms with Gasteiger partial charge in [0, 0.05) is 9.61 Å². The molecule has 0 aliphatic heterocycles. The van der Waals surface area contributed by atoms with Gasteiger partial charge in [0.15, 0.2) is 0 Å². The van der Waals surface area contributed by atoms with E-state index >= 15 is 0 Å². The Labute approximate surface area is 126 Å². The molecular weight excluding hydrogens is 381 g/mol. The minimum Gasteiger partial charge on any atom is -0.480 e. The van der Waals surface area contributed by atoms with Crippen molar-refractivity contribution in [2.24, 2.45) is 0 Å². The summed E-state index contributed by atoms with van der Waals surface area (Å²) in [6, 6.07) is 6.00. The van der Waals surface area contributed by atoms with E-state index in [0.29, 0.717) is 6.42 Å². The third-order valence-corrected chi connectivity index (χ3v) is 5.49. The maximum Gasteiger partial charge on any atom is 0.318 e. The van der Waals surface area contributed by atoms with Crippen LogP contribution < -0.4 is 0 Å². The normalized spacial score (nSPS) is 13.5. The van der Waals surface area contributed by atoms with Crippen molar-refractivity contribution in [1.29, 1.82) is 0 Å². The van der Waals surface area contributed by atoms with Crippen LogP contribution in [0, 0.1) is 3.57 Å². The van der Waals surface area contributed by atoms with Gasteiger partial charge in [-0.05, 0) is 60.2 Å². The predicted octanol–water partition coefficient (Wildman–Crippen LogP) is 2.17. The van der Waals surface area contributed by atoms with Gasteiger partial charge in [-0.2, -0.15) is 4.31 Å². The molecule has 1 aromatic rings. The van der Waals surface area contributed by atoms with Gasteiger partial charge in [-0.25, -0.2) is 8.42 Å². The van der Waals surface area contributed by atoms with Crippen LogP contribution in [0.4, 0.5) is 0 Å². The van der Waals surface area contributed by atoms with Crippen molar-refractivity contribution in [3.05, 3.63) is 27.8 Å². The molecule has 1 atom stereocenters. The molecule has 0 fully saturated rings. The highest BCUT2D eigenvalue weighted by atomic mass is 127. The van der Waals surface area contributed by atoms with E-state index in [1.165, 1.54) is 12.1 Å². The topological polar surface area (TPSA) is 74.7 Å². The fourth-order valence-corrected chi connectivity index (χ4v) is 3.57. The zero-order valence-corrected chi connectivity index (χ0v) is 13.7. The van der Waals surface area contributed by atoms with Crippen LogP contribution in [0.15, 0.2) is 29.2 Å². The van der Waals surface area contributed by atoms with Crippen LogP contribution in [-0.2, 0) is 14.8 Å². The molecule has 0 radical (unpaired) electrons. The quantitative estimate of drug-likeness (QED) is 0.747. The molecular formula is C12H16INO4S. The second kappa shape index (κ2) is 6.67. The minimum atomic E-state index is -3.78. The number of halogens is 1. The molecule has 0 aliphatic rings. The highest BCUT2D eigenvalue weighted by Crippen LogP contribution is 2.20. The molecule has 106 valence electrons. The summed E-state index contributed by atoms with van der Waals surface area (Å²) in [4.78, 5) is 11.0. The highest BCUT2D eigenvalue weighted by molar-refractivity contribution is 14.1. The molecule has 0 amide bonds. The average molecular weight is 397 g/mol. The van der Waals surface area contributed by atoms with Crippen LogP contribution in [0.2, 0.25) is 0 Å². The number of carboxylic acid groups (broad SMARTS) is 1. The van der Waals surface area contributed by atoms with Gasteiger partial charge in [0.2, 0.25) is 10.0 Å². The standard InChI is InChI=1S/C12H16INO4S/c1-3-9(2)14(8-12(15)16)19(17,18)11-6-4-10(13)5-7-11/h4-7,9H,3,8H2,1-2H3,(H,15,16). The van der Waals surface area contributed by atoms with Crippen molar-refractivity contribution in [2.75, 3.05) is 6.54 Å². The maximum atomic E-state index is 12.4. The van der Waals surface area contributed by atoms with E-state index in [1.807, 2.05) is 6.92 Å². The monoisotopic (exact) mass is 397 g/mol. The molecule has 1 unspecified atom stereocenters. The van der Waals surface area contributed by atoms with Crippen LogP contribution in [0.1, 0.15) is 20.3 Å². The van der Waals surface area contributed by atoms with Crippen molar-refractivity contribution < 1.29 is 18.3 Å². The molecule has 0 saturated carbocycles. The summed E-state index contributed by atoms with van der Waals surface area (Å²) in [6.07, 6.45) is 0.552. The van der Waals surface area contributed by atoms with Crippen LogP contribution in [0.3, 0.4) is 0 Å². The van der Waals surface area contributed by atoms with E-state index in [4.69, 9.17) is 5.11 Å². The summed E-state index contributed by atoms with van der Waals surface area (Å²) in [7, 11) is -3.78. The first-order chi connectivity index (χ1) is 8.78. The number of rotatable bonds is 6. The number of sulfonamides is 1. The molecule has 5 nitrogen and oxygen atoms in total. The Bertz CT molecular complexity index is 541. The predicted molar refractivity (Wildman–Crippen MR) is 80.4 cm³/mol. The Hall–Kier alpha value is -0.670. The van der Waals surface area contributed by atoms with Gasteiger partial charge < -0.3 is 5.11 Å². The number of nitrogens with zero attached hydrogens (tertiary/aromatic N) is 1. The van der Waals surface area contributed by atoms with Gasteiger partial charge in [0.1, 0.15) is 6.54 Å². The molecule has 1 aromatic carbocycles. The third-order valence-electron chi connectivity index (χ3n) is 2.79. The van der Waals surface area contributed by atoms with Crippen LogP contribution in [-0.4, -0.2) is 36.4 Å². The summed E-state index contributed by atoms with van der Waals surface area (Å²) in [6.45, 7) is 3.00. The van der Waals surface area contributed by atoms with Gasteiger partial charge >= 0.3 is 5.97 Å². The molecule has 0 heterocycles. The summed E-state index contributed by atoms with van der Waals surface area (Å²) < 4.78 is 26.8. The first-order valence-electron chi connectivity index (χ1n) is 5.78. The maximum absolute atomic E-state index is 12.4. The summed E-state index contributed by atoms with van der Waals surface area (Å²) in [5, 5.41) is 8.88. The Balaban J connectivity index is 3.18. The highest BCUT2D eigenvalue weighted by Gasteiger charge is 2.30. The Morgan fingerprint density at radius 1 is 1.37 bits per heavy atom. The molecule has 0 aliphatic carbocycles. The molecule has 0 saturated heterocycles. The second-order valence-corrected chi connectivity index (χ2v) is 7.29. The van der Waals surface area contributed by atoms with Crippen molar-refractivity contribution in [3.8, 4) is 0 Å². The fraction of sp³-hybridized carbons (Fsp3) is 0.417. The molecule has 0 bridgehead atoms. The molecule has 0 aromatic heterocycles. The van der Waals surface area contributed by atoms with E-state index < -0.39 is 22.5 Å². The van der Waals surface area contributed by atoms with Gasteiger partial charge in [-0.1, -0.05) is 6.92 Å². The van der Waals surface area contributed by atoms with Crippen molar-refractivity contribution >= 4 is 38.6 Å². The fourth-order valence-electron chi connectivity index (χ4n) is 1.56. The molecule has 7 heteroatoms. The van der Waals surface area contributed by atoms with E-state index in [-0.39, 0.29) is 10.9 Å². The Kier molecular flexibility index (Phi) is 5.75. The first-order valence-corrected chi connectivity index (χ1v) is 8.30. The van der Waals surface area contributed by atoms with E-state index in [1.54, 1.807) is 19.1 Å². The van der Waals surface area contributed by atoms with E-state index in [0.717, 1.165) is 7.88 Å². The Morgan fingerprint density at radius 3 is 2.32 bits per heavy atom. The first kappa shape index (κ1) is 16.4. The zero-order valence-electron chi connectivity index (χ0n) is 10.7. The van der Waals surface area contributed by atoms with Gasteiger partial charge in [-0.3, -0.25) is 4.79 Å². The van der Waals surface area contributed by atoms with E-state index in [9.17, 15) is 13.2 Å².